The molecule has 0 radical (unpaired) electrons. The highest BCUT2D eigenvalue weighted by Gasteiger charge is 2.14. The second kappa shape index (κ2) is 8.28. The topological polar surface area (TPSA) is 105 Å². The molecule has 1 atom stereocenters. The number of nitrogens with one attached hydrogen (secondary N) is 3. The molecule has 0 aliphatic heterocycles. The number of H-pyrrole nitrogens is 1. The Labute approximate surface area is 151 Å². The molecule has 26 heavy (non-hydrogen) atoms. The summed E-state index contributed by atoms with van der Waals surface area (Å²) in [6.07, 6.45) is 3.85. The lowest BCUT2D eigenvalue weighted by Crippen LogP contribution is -2.33. The smallest absolute Gasteiger partial charge is 0.272 e. The van der Waals surface area contributed by atoms with Crippen LogP contribution in [0.2, 0.25) is 0 Å². The van der Waals surface area contributed by atoms with Crippen molar-refractivity contribution in [2.24, 2.45) is 5.92 Å². The Kier molecular flexibility index (Phi) is 5.62. The van der Waals surface area contributed by atoms with Gasteiger partial charge in [-0.15, -0.1) is 0 Å². The molecule has 3 rings (SSSR count). The highest BCUT2D eigenvalue weighted by atomic mass is 16.2. The van der Waals surface area contributed by atoms with Crippen molar-refractivity contribution in [2.45, 2.75) is 19.9 Å². The van der Waals surface area contributed by atoms with Crippen LogP contribution in [0.25, 0.3) is 10.9 Å². The zero-order valence-electron chi connectivity index (χ0n) is 14.6. The number of rotatable bonds is 8. The number of benzene rings is 1. The van der Waals surface area contributed by atoms with Crippen LogP contribution in [0.3, 0.4) is 0 Å². The fourth-order valence-electron chi connectivity index (χ4n) is 2.68. The van der Waals surface area contributed by atoms with Crippen LogP contribution in [0.15, 0.2) is 42.7 Å². The number of aromatic nitrogens is 4. The van der Waals surface area contributed by atoms with E-state index in [1.54, 1.807) is 6.20 Å². The van der Waals surface area contributed by atoms with Gasteiger partial charge in [0, 0.05) is 43.8 Å². The number of hydrogen-bond donors (Lipinski definition) is 3. The molecule has 136 valence electrons. The van der Waals surface area contributed by atoms with E-state index in [9.17, 15) is 9.59 Å². The maximum Gasteiger partial charge on any atom is 0.272 e. The Morgan fingerprint density at radius 1 is 1.23 bits per heavy atom. The summed E-state index contributed by atoms with van der Waals surface area (Å²) in [7, 11) is 0. The van der Waals surface area contributed by atoms with Crippen molar-refractivity contribution in [3.8, 4) is 0 Å². The maximum atomic E-state index is 12.2. The van der Waals surface area contributed by atoms with Crippen molar-refractivity contribution >= 4 is 22.7 Å². The van der Waals surface area contributed by atoms with Crippen LogP contribution in [0.5, 0.6) is 0 Å². The average molecular weight is 354 g/mol. The lowest BCUT2D eigenvalue weighted by molar-refractivity contribution is -0.121. The number of amides is 2. The normalized spacial score (nSPS) is 12.0. The Hall–Kier alpha value is -3.16. The van der Waals surface area contributed by atoms with Crippen molar-refractivity contribution < 1.29 is 9.59 Å². The summed E-state index contributed by atoms with van der Waals surface area (Å²) in [6, 6.07) is 9.29. The van der Waals surface area contributed by atoms with Crippen LogP contribution >= 0.6 is 0 Å². The minimum Gasteiger partial charge on any atom is -0.356 e. The van der Waals surface area contributed by atoms with E-state index < -0.39 is 0 Å². The maximum absolute atomic E-state index is 12.2. The Morgan fingerprint density at radius 3 is 2.88 bits per heavy atom. The SMILES string of the molecule is CC(CNC(=O)CCNC(=O)c1n[nH]c2ccccc12)Cn1cccn1. The first-order valence-electron chi connectivity index (χ1n) is 8.59. The first kappa shape index (κ1) is 17.7. The standard InChI is InChI=1S/C18H22N6O2/c1-13(12-24-10-4-8-21-24)11-20-16(25)7-9-19-18(26)17-14-5-2-3-6-15(14)22-23-17/h2-6,8,10,13H,7,9,11-12H2,1H3,(H,19,26)(H,20,25)(H,22,23). The van der Waals surface area contributed by atoms with Gasteiger partial charge in [-0.1, -0.05) is 25.1 Å². The van der Waals surface area contributed by atoms with E-state index in [4.69, 9.17) is 0 Å². The third-order valence-corrected chi connectivity index (χ3v) is 4.03. The molecule has 0 fully saturated rings. The predicted octanol–water partition coefficient (Wildman–Crippen LogP) is 1.33. The van der Waals surface area contributed by atoms with Crippen molar-refractivity contribution in [1.29, 1.82) is 0 Å². The van der Waals surface area contributed by atoms with E-state index in [-0.39, 0.29) is 30.7 Å². The fourth-order valence-corrected chi connectivity index (χ4v) is 2.68. The molecule has 0 saturated carbocycles. The molecule has 8 nitrogen and oxygen atoms in total. The molecule has 8 heteroatoms. The van der Waals surface area contributed by atoms with Crippen molar-refractivity contribution in [3.63, 3.8) is 0 Å². The van der Waals surface area contributed by atoms with Gasteiger partial charge in [0.15, 0.2) is 5.69 Å². The van der Waals surface area contributed by atoms with Crippen LogP contribution in [0.1, 0.15) is 23.8 Å². The molecule has 2 heterocycles. The minimum absolute atomic E-state index is 0.0931. The van der Waals surface area contributed by atoms with Gasteiger partial charge in [-0.3, -0.25) is 19.4 Å². The molecule has 2 aromatic heterocycles. The van der Waals surface area contributed by atoms with Crippen molar-refractivity contribution in [2.75, 3.05) is 13.1 Å². The van der Waals surface area contributed by atoms with Crippen molar-refractivity contribution in [1.82, 2.24) is 30.6 Å². The quantitative estimate of drug-likeness (QED) is 0.567. The van der Waals surface area contributed by atoms with Gasteiger partial charge < -0.3 is 10.6 Å². The number of para-hydroxylation sites is 1. The fraction of sp³-hybridized carbons (Fsp3) is 0.333. The average Bonchev–Trinajstić information content (AvgIpc) is 3.29. The number of hydrogen-bond acceptors (Lipinski definition) is 4. The molecule has 0 bridgehead atoms. The number of aromatic amines is 1. The van der Waals surface area contributed by atoms with Crippen LogP contribution in [-0.2, 0) is 11.3 Å². The van der Waals surface area contributed by atoms with Crippen LogP contribution < -0.4 is 10.6 Å². The molecular formula is C18H22N6O2. The van der Waals surface area contributed by atoms with E-state index in [0.29, 0.717) is 12.2 Å². The third kappa shape index (κ3) is 4.47. The van der Waals surface area contributed by atoms with E-state index >= 15 is 0 Å². The molecule has 3 N–H and O–H groups in total. The van der Waals surface area contributed by atoms with Crippen LogP contribution in [0, 0.1) is 5.92 Å². The molecule has 2 amide bonds. The first-order chi connectivity index (χ1) is 12.6. The monoisotopic (exact) mass is 354 g/mol. The van der Waals surface area contributed by atoms with Crippen LogP contribution in [0.4, 0.5) is 0 Å². The summed E-state index contributed by atoms with van der Waals surface area (Å²) in [6.45, 7) is 3.62. The molecule has 1 aromatic carbocycles. The predicted molar refractivity (Wildman–Crippen MR) is 97.4 cm³/mol. The molecular weight excluding hydrogens is 332 g/mol. The van der Waals surface area contributed by atoms with E-state index in [1.807, 2.05) is 48.1 Å². The summed E-state index contributed by atoms with van der Waals surface area (Å²) in [4.78, 5) is 24.1. The van der Waals surface area contributed by atoms with Gasteiger partial charge in [-0.2, -0.15) is 10.2 Å². The Morgan fingerprint density at radius 2 is 2.08 bits per heavy atom. The van der Waals surface area contributed by atoms with Crippen LogP contribution in [-0.4, -0.2) is 44.9 Å². The summed E-state index contributed by atoms with van der Waals surface area (Å²) in [5.41, 5.74) is 1.15. The third-order valence-electron chi connectivity index (χ3n) is 4.03. The number of nitrogens with zero attached hydrogens (tertiary/aromatic N) is 3. The minimum atomic E-state index is -0.290. The Bertz CT molecular complexity index is 871. The van der Waals surface area contributed by atoms with Gasteiger partial charge in [-0.05, 0) is 18.1 Å². The number of carbonyl (C=O) groups excluding carboxylic acids is 2. The molecule has 1 unspecified atom stereocenters. The van der Waals surface area contributed by atoms with E-state index in [2.05, 4.69) is 25.9 Å². The second-order valence-corrected chi connectivity index (χ2v) is 6.26. The van der Waals surface area contributed by atoms with Gasteiger partial charge >= 0.3 is 0 Å². The van der Waals surface area contributed by atoms with Gasteiger partial charge in [0.2, 0.25) is 5.91 Å². The van der Waals surface area contributed by atoms with Gasteiger partial charge in [0.1, 0.15) is 0 Å². The van der Waals surface area contributed by atoms with E-state index in [1.165, 1.54) is 0 Å². The zero-order valence-corrected chi connectivity index (χ0v) is 14.6. The summed E-state index contributed by atoms with van der Waals surface area (Å²) >= 11 is 0. The van der Waals surface area contributed by atoms with Crippen molar-refractivity contribution in [3.05, 3.63) is 48.4 Å². The largest absolute Gasteiger partial charge is 0.356 e. The molecule has 3 aromatic rings. The molecule has 0 aliphatic carbocycles. The van der Waals surface area contributed by atoms with Gasteiger partial charge in [-0.25, -0.2) is 0 Å². The number of fused-ring (bicyclic) bond motifs is 1. The zero-order chi connectivity index (χ0) is 18.4. The second-order valence-electron chi connectivity index (χ2n) is 6.26. The lowest BCUT2D eigenvalue weighted by atomic mass is 10.2. The molecule has 0 aliphatic rings. The van der Waals surface area contributed by atoms with E-state index in [0.717, 1.165) is 17.4 Å². The number of carbonyl (C=O) groups is 2. The highest BCUT2D eigenvalue weighted by Crippen LogP contribution is 2.14. The Balaban J connectivity index is 1.38. The molecule has 0 spiro atoms. The summed E-state index contributed by atoms with van der Waals surface area (Å²) in [5, 5.41) is 17.4. The van der Waals surface area contributed by atoms with Gasteiger partial charge in [0.05, 0.1) is 5.52 Å². The van der Waals surface area contributed by atoms with Gasteiger partial charge in [0.25, 0.3) is 5.91 Å². The highest BCUT2D eigenvalue weighted by molar-refractivity contribution is 6.04. The molecule has 0 saturated heterocycles. The summed E-state index contributed by atoms with van der Waals surface area (Å²) in [5.74, 6) is -0.115. The summed E-state index contributed by atoms with van der Waals surface area (Å²) < 4.78 is 1.84. The lowest BCUT2D eigenvalue weighted by Gasteiger charge is -2.13. The first-order valence-corrected chi connectivity index (χ1v) is 8.59.